The Labute approximate surface area is 146 Å². The fraction of sp³-hybridized carbons (Fsp3) is 0.0556. The molecule has 2 N–H and O–H groups in total. The Balaban J connectivity index is 1.57. The Morgan fingerprint density at radius 3 is 2.88 bits per heavy atom. The van der Waals surface area contributed by atoms with E-state index in [1.807, 2.05) is 31.2 Å². The van der Waals surface area contributed by atoms with Gasteiger partial charge in [0.2, 0.25) is 5.13 Å². The molecular weight excluding hydrogens is 338 g/mol. The minimum absolute atomic E-state index is 0.0665. The molecule has 2 aromatic heterocycles. The van der Waals surface area contributed by atoms with Crippen LogP contribution in [0, 0.1) is 6.92 Å². The predicted molar refractivity (Wildman–Crippen MR) is 97.9 cm³/mol. The number of carbonyl (C=O) groups is 1. The number of nitrogens with one attached hydrogen (secondary N) is 2. The van der Waals surface area contributed by atoms with Gasteiger partial charge in [-0.3, -0.25) is 15.6 Å². The second-order valence-corrected chi connectivity index (χ2v) is 6.59. The maximum atomic E-state index is 12.3. The van der Waals surface area contributed by atoms with E-state index in [4.69, 9.17) is 4.42 Å². The number of rotatable bonds is 3. The maximum Gasteiger partial charge on any atom is 0.349 e. The molecule has 0 unspecified atom stereocenters. The second kappa shape index (κ2) is 6.03. The molecule has 2 aromatic carbocycles. The van der Waals surface area contributed by atoms with E-state index in [2.05, 4.69) is 15.8 Å². The van der Waals surface area contributed by atoms with E-state index in [0.29, 0.717) is 16.1 Å². The SMILES string of the molecule is Cc1ccc2nc(NNC(=O)c3cc4ccccc4oc3=O)sc2c1. The number of para-hydroxylation sites is 1. The average Bonchev–Trinajstić information content (AvgIpc) is 3.01. The summed E-state index contributed by atoms with van der Waals surface area (Å²) >= 11 is 1.42. The van der Waals surface area contributed by atoms with Crippen LogP contribution in [0.3, 0.4) is 0 Å². The van der Waals surface area contributed by atoms with Crippen molar-refractivity contribution in [3.05, 3.63) is 70.1 Å². The van der Waals surface area contributed by atoms with Crippen LogP contribution in [0.25, 0.3) is 21.2 Å². The number of hydrogen-bond acceptors (Lipinski definition) is 6. The number of hydrogen-bond donors (Lipinski definition) is 2. The molecule has 0 bridgehead atoms. The highest BCUT2D eigenvalue weighted by Crippen LogP contribution is 2.26. The number of aryl methyl sites for hydroxylation is 1. The van der Waals surface area contributed by atoms with Crippen LogP contribution in [-0.4, -0.2) is 10.9 Å². The summed E-state index contributed by atoms with van der Waals surface area (Å²) < 4.78 is 6.19. The first-order valence-electron chi connectivity index (χ1n) is 7.56. The van der Waals surface area contributed by atoms with Crippen LogP contribution in [-0.2, 0) is 0 Å². The largest absolute Gasteiger partial charge is 0.422 e. The molecule has 1 amide bonds. The van der Waals surface area contributed by atoms with Crippen molar-refractivity contribution in [2.75, 3.05) is 5.43 Å². The minimum atomic E-state index is -0.682. The molecule has 6 nitrogen and oxygen atoms in total. The highest BCUT2D eigenvalue weighted by Gasteiger charge is 2.14. The highest BCUT2D eigenvalue weighted by molar-refractivity contribution is 7.22. The van der Waals surface area contributed by atoms with E-state index in [1.54, 1.807) is 18.2 Å². The smallest absolute Gasteiger partial charge is 0.349 e. The van der Waals surface area contributed by atoms with Gasteiger partial charge in [0, 0.05) is 5.39 Å². The van der Waals surface area contributed by atoms with E-state index in [0.717, 1.165) is 15.8 Å². The van der Waals surface area contributed by atoms with Crippen molar-refractivity contribution in [2.24, 2.45) is 0 Å². The number of amides is 1. The number of benzene rings is 2. The Kier molecular flexibility index (Phi) is 3.70. The Morgan fingerprint density at radius 1 is 1.16 bits per heavy atom. The highest BCUT2D eigenvalue weighted by atomic mass is 32.1. The molecule has 2 heterocycles. The fourth-order valence-electron chi connectivity index (χ4n) is 2.48. The molecule has 0 atom stereocenters. The predicted octanol–water partition coefficient (Wildman–Crippen LogP) is 3.47. The third-order valence-electron chi connectivity index (χ3n) is 3.71. The molecule has 0 aliphatic heterocycles. The van der Waals surface area contributed by atoms with Gasteiger partial charge in [-0.25, -0.2) is 9.78 Å². The summed E-state index contributed by atoms with van der Waals surface area (Å²) in [4.78, 5) is 28.7. The number of nitrogens with zero attached hydrogens (tertiary/aromatic N) is 1. The van der Waals surface area contributed by atoms with Gasteiger partial charge < -0.3 is 4.42 Å². The van der Waals surface area contributed by atoms with E-state index in [9.17, 15) is 9.59 Å². The third-order valence-corrected chi connectivity index (χ3v) is 4.65. The molecular formula is C18H13N3O3S. The van der Waals surface area contributed by atoms with Crippen molar-refractivity contribution >= 4 is 43.6 Å². The maximum absolute atomic E-state index is 12.3. The topological polar surface area (TPSA) is 84.2 Å². The zero-order chi connectivity index (χ0) is 17.4. The molecule has 0 saturated carbocycles. The van der Waals surface area contributed by atoms with Gasteiger partial charge in [-0.15, -0.1) is 0 Å². The van der Waals surface area contributed by atoms with Crippen LogP contribution in [0.5, 0.6) is 0 Å². The van der Waals surface area contributed by atoms with Gasteiger partial charge >= 0.3 is 5.63 Å². The van der Waals surface area contributed by atoms with Gasteiger partial charge in [0.15, 0.2) is 0 Å². The number of thiazole rings is 1. The summed E-state index contributed by atoms with van der Waals surface area (Å²) in [6.45, 7) is 2.01. The van der Waals surface area contributed by atoms with Crippen molar-refractivity contribution in [3.63, 3.8) is 0 Å². The van der Waals surface area contributed by atoms with Gasteiger partial charge in [-0.2, -0.15) is 0 Å². The summed E-state index contributed by atoms with van der Waals surface area (Å²) in [7, 11) is 0. The minimum Gasteiger partial charge on any atom is -0.422 e. The first-order valence-corrected chi connectivity index (χ1v) is 8.38. The van der Waals surface area contributed by atoms with Gasteiger partial charge in [0.05, 0.1) is 10.2 Å². The first-order chi connectivity index (χ1) is 12.1. The average molecular weight is 351 g/mol. The molecule has 0 saturated heterocycles. The van der Waals surface area contributed by atoms with Gasteiger partial charge in [0.1, 0.15) is 11.1 Å². The molecule has 0 fully saturated rings. The van der Waals surface area contributed by atoms with Crippen molar-refractivity contribution in [2.45, 2.75) is 6.92 Å². The van der Waals surface area contributed by atoms with Gasteiger partial charge in [-0.1, -0.05) is 35.6 Å². The third kappa shape index (κ3) is 2.97. The van der Waals surface area contributed by atoms with Crippen molar-refractivity contribution in [1.82, 2.24) is 10.4 Å². The van der Waals surface area contributed by atoms with Crippen LogP contribution in [0.2, 0.25) is 0 Å². The summed E-state index contributed by atoms with van der Waals surface area (Å²) in [5.41, 5.74) is 6.93. The summed E-state index contributed by atoms with van der Waals surface area (Å²) in [6.07, 6.45) is 0. The van der Waals surface area contributed by atoms with E-state index in [-0.39, 0.29) is 5.56 Å². The second-order valence-electron chi connectivity index (χ2n) is 5.55. The zero-order valence-electron chi connectivity index (χ0n) is 13.2. The van der Waals surface area contributed by atoms with Gasteiger partial charge in [0.25, 0.3) is 5.91 Å². The van der Waals surface area contributed by atoms with E-state index >= 15 is 0 Å². The quantitative estimate of drug-likeness (QED) is 0.436. The molecule has 25 heavy (non-hydrogen) atoms. The van der Waals surface area contributed by atoms with Gasteiger partial charge in [-0.05, 0) is 36.8 Å². The molecule has 0 aliphatic rings. The number of aromatic nitrogens is 1. The van der Waals surface area contributed by atoms with Crippen LogP contribution >= 0.6 is 11.3 Å². The number of anilines is 1. The summed E-state index contributed by atoms with van der Waals surface area (Å²) in [5.74, 6) is -0.574. The molecule has 0 aliphatic carbocycles. The lowest BCUT2D eigenvalue weighted by atomic mass is 10.2. The summed E-state index contributed by atoms with van der Waals surface area (Å²) in [5, 5.41) is 1.22. The van der Waals surface area contributed by atoms with Crippen LogP contribution in [0.15, 0.2) is 57.7 Å². The number of hydrazine groups is 1. The number of fused-ring (bicyclic) bond motifs is 2. The Bertz CT molecular complexity index is 1160. The Hall–Kier alpha value is -3.19. The van der Waals surface area contributed by atoms with Crippen molar-refractivity contribution in [1.29, 1.82) is 0 Å². The summed E-state index contributed by atoms with van der Waals surface area (Å²) in [6, 6.07) is 14.5. The fourth-order valence-corrected chi connectivity index (χ4v) is 3.40. The Morgan fingerprint density at radius 2 is 2.00 bits per heavy atom. The lowest BCUT2D eigenvalue weighted by molar-refractivity contribution is 0.0959. The first kappa shape index (κ1) is 15.3. The zero-order valence-corrected chi connectivity index (χ0v) is 14.0. The lowest BCUT2D eigenvalue weighted by Crippen LogP contribution is -2.32. The van der Waals surface area contributed by atoms with Crippen LogP contribution in [0.4, 0.5) is 5.13 Å². The molecule has 0 spiro atoms. The lowest BCUT2D eigenvalue weighted by Gasteiger charge is -2.05. The van der Waals surface area contributed by atoms with Crippen molar-refractivity contribution < 1.29 is 9.21 Å². The standard InChI is InChI=1S/C18H13N3O3S/c1-10-6-7-13-15(8-10)25-18(19-13)21-20-16(22)12-9-11-4-2-3-5-14(11)24-17(12)23/h2-9H,1H3,(H,19,21)(H,20,22). The van der Waals surface area contributed by atoms with Crippen LogP contribution < -0.4 is 16.5 Å². The molecule has 4 rings (SSSR count). The molecule has 124 valence electrons. The molecule has 7 heteroatoms. The van der Waals surface area contributed by atoms with Crippen molar-refractivity contribution in [3.8, 4) is 0 Å². The van der Waals surface area contributed by atoms with Crippen LogP contribution in [0.1, 0.15) is 15.9 Å². The number of carbonyl (C=O) groups excluding carboxylic acids is 1. The molecule has 0 radical (unpaired) electrons. The molecule has 4 aromatic rings. The normalized spacial score (nSPS) is 10.9. The van der Waals surface area contributed by atoms with E-state index in [1.165, 1.54) is 17.4 Å². The monoisotopic (exact) mass is 351 g/mol. The van der Waals surface area contributed by atoms with E-state index < -0.39 is 11.5 Å².